The minimum atomic E-state index is -0.513. The number of aryl methyl sites for hydroxylation is 1. The van der Waals surface area contributed by atoms with Gasteiger partial charge in [0.2, 0.25) is 5.91 Å². The minimum Gasteiger partial charge on any atom is -0.392 e. The standard InChI is InChI=1S/C24H28N4O4S/c1-16(30)25-12-17-3-9-20(10-4-17)23-31-21(14-33-24-27-26-15-28(24)2)11-22(32-23)19-7-5-18(13-29)6-8-19/h3-10,15,21-23,29H,11-14H2,1-2H3,(H,25,30). The van der Waals surface area contributed by atoms with Crippen LogP contribution in [0, 0.1) is 0 Å². The molecule has 1 aromatic heterocycles. The summed E-state index contributed by atoms with van der Waals surface area (Å²) in [6.07, 6.45) is 1.69. The zero-order valence-electron chi connectivity index (χ0n) is 18.7. The quantitative estimate of drug-likeness (QED) is 0.490. The lowest BCUT2D eigenvalue weighted by molar-refractivity contribution is -0.245. The maximum absolute atomic E-state index is 11.2. The zero-order valence-corrected chi connectivity index (χ0v) is 19.5. The van der Waals surface area contributed by atoms with Crippen LogP contribution >= 0.6 is 11.8 Å². The highest BCUT2D eigenvalue weighted by atomic mass is 32.2. The van der Waals surface area contributed by atoms with Gasteiger partial charge in [-0.15, -0.1) is 10.2 Å². The summed E-state index contributed by atoms with van der Waals surface area (Å²) >= 11 is 1.61. The number of nitrogens with one attached hydrogen (secondary N) is 1. The molecule has 3 atom stereocenters. The van der Waals surface area contributed by atoms with Gasteiger partial charge < -0.3 is 24.5 Å². The van der Waals surface area contributed by atoms with Crippen LogP contribution in [0.2, 0.25) is 0 Å². The van der Waals surface area contributed by atoms with E-state index in [1.165, 1.54) is 6.92 Å². The van der Waals surface area contributed by atoms with Crippen LogP contribution in [-0.4, -0.2) is 37.6 Å². The number of benzene rings is 2. The van der Waals surface area contributed by atoms with Crippen LogP contribution in [0.1, 0.15) is 48.0 Å². The second kappa shape index (κ2) is 10.9. The molecular weight excluding hydrogens is 440 g/mol. The van der Waals surface area contributed by atoms with Crippen LogP contribution in [-0.2, 0) is 34.5 Å². The van der Waals surface area contributed by atoms with E-state index in [1.807, 2.05) is 60.1 Å². The smallest absolute Gasteiger partial charge is 0.217 e. The number of hydrogen-bond donors (Lipinski definition) is 2. The van der Waals surface area contributed by atoms with Crippen molar-refractivity contribution in [1.29, 1.82) is 0 Å². The van der Waals surface area contributed by atoms with Crippen molar-refractivity contribution in [2.75, 3.05) is 5.75 Å². The number of rotatable bonds is 8. The van der Waals surface area contributed by atoms with E-state index >= 15 is 0 Å². The number of aromatic nitrogens is 3. The highest BCUT2D eigenvalue weighted by Gasteiger charge is 2.32. The summed E-state index contributed by atoms with van der Waals surface area (Å²) < 4.78 is 14.6. The number of ether oxygens (including phenoxy) is 2. The van der Waals surface area contributed by atoms with Crippen molar-refractivity contribution in [3.63, 3.8) is 0 Å². The van der Waals surface area contributed by atoms with Gasteiger partial charge in [-0.3, -0.25) is 4.79 Å². The van der Waals surface area contributed by atoms with Crippen LogP contribution in [0.3, 0.4) is 0 Å². The van der Waals surface area contributed by atoms with Crippen molar-refractivity contribution < 1.29 is 19.4 Å². The summed E-state index contributed by atoms with van der Waals surface area (Å²) in [6.45, 7) is 2.00. The molecule has 1 aliphatic heterocycles. The Morgan fingerprint density at radius 3 is 2.45 bits per heavy atom. The lowest BCUT2D eigenvalue weighted by Crippen LogP contribution is -2.31. The molecule has 0 saturated carbocycles. The number of nitrogens with zero attached hydrogens (tertiary/aromatic N) is 3. The summed E-state index contributed by atoms with van der Waals surface area (Å²) in [5, 5.41) is 21.1. The summed E-state index contributed by atoms with van der Waals surface area (Å²) in [4.78, 5) is 11.2. The number of aliphatic hydroxyl groups excluding tert-OH is 1. The van der Waals surface area contributed by atoms with Crippen molar-refractivity contribution in [1.82, 2.24) is 20.1 Å². The molecule has 33 heavy (non-hydrogen) atoms. The fourth-order valence-corrected chi connectivity index (χ4v) is 4.52. The maximum atomic E-state index is 11.2. The Morgan fingerprint density at radius 2 is 1.82 bits per heavy atom. The van der Waals surface area contributed by atoms with Crippen molar-refractivity contribution in [3.8, 4) is 0 Å². The normalized spacial score (nSPS) is 20.5. The number of aliphatic hydroxyl groups is 1. The molecule has 2 aromatic carbocycles. The van der Waals surface area contributed by atoms with Crippen LogP contribution in [0.25, 0.3) is 0 Å². The number of thioether (sulfide) groups is 1. The molecule has 1 saturated heterocycles. The zero-order chi connectivity index (χ0) is 23.2. The fraction of sp³-hybridized carbons (Fsp3) is 0.375. The average Bonchev–Trinajstić information content (AvgIpc) is 3.26. The van der Waals surface area contributed by atoms with Crippen LogP contribution < -0.4 is 5.32 Å². The largest absolute Gasteiger partial charge is 0.392 e. The summed E-state index contributed by atoms with van der Waals surface area (Å²) in [5.74, 6) is 0.662. The first kappa shape index (κ1) is 23.4. The van der Waals surface area contributed by atoms with Gasteiger partial charge in [-0.1, -0.05) is 60.3 Å². The average molecular weight is 469 g/mol. The van der Waals surface area contributed by atoms with Crippen LogP contribution in [0.15, 0.2) is 60.0 Å². The fourth-order valence-electron chi connectivity index (χ4n) is 3.61. The number of carbonyl (C=O) groups excluding carboxylic acids is 1. The van der Waals surface area contributed by atoms with Gasteiger partial charge in [-0.05, 0) is 16.7 Å². The first-order valence-corrected chi connectivity index (χ1v) is 11.8. The van der Waals surface area contributed by atoms with E-state index in [4.69, 9.17) is 9.47 Å². The molecule has 9 heteroatoms. The molecule has 0 aliphatic carbocycles. The van der Waals surface area contributed by atoms with Crippen molar-refractivity contribution >= 4 is 17.7 Å². The van der Waals surface area contributed by atoms with Gasteiger partial charge in [0.1, 0.15) is 6.33 Å². The number of carbonyl (C=O) groups is 1. The third-order valence-electron chi connectivity index (χ3n) is 5.48. The molecule has 2 heterocycles. The molecule has 0 spiro atoms. The summed E-state index contributed by atoms with van der Waals surface area (Å²) in [7, 11) is 1.92. The lowest BCUT2D eigenvalue weighted by atomic mass is 10.0. The molecule has 1 aliphatic rings. The van der Waals surface area contributed by atoms with Crippen molar-refractivity contribution in [2.24, 2.45) is 7.05 Å². The van der Waals surface area contributed by atoms with E-state index < -0.39 is 6.29 Å². The molecule has 1 fully saturated rings. The molecule has 0 radical (unpaired) electrons. The second-order valence-corrected chi connectivity index (χ2v) is 9.02. The van der Waals surface area contributed by atoms with Crippen LogP contribution in [0.5, 0.6) is 0 Å². The molecule has 0 bridgehead atoms. The van der Waals surface area contributed by atoms with Crippen molar-refractivity contribution in [2.45, 2.75) is 50.2 Å². The van der Waals surface area contributed by atoms with Gasteiger partial charge in [-0.2, -0.15) is 0 Å². The van der Waals surface area contributed by atoms with E-state index in [9.17, 15) is 9.90 Å². The van der Waals surface area contributed by atoms with Gasteiger partial charge in [0.05, 0.1) is 18.8 Å². The molecule has 4 rings (SSSR count). The third-order valence-corrected chi connectivity index (χ3v) is 6.64. The van der Waals surface area contributed by atoms with Crippen molar-refractivity contribution in [3.05, 3.63) is 77.1 Å². The van der Waals surface area contributed by atoms with E-state index in [-0.39, 0.29) is 24.7 Å². The van der Waals surface area contributed by atoms with Gasteiger partial charge >= 0.3 is 0 Å². The Balaban J connectivity index is 1.50. The van der Waals surface area contributed by atoms with E-state index in [2.05, 4.69) is 15.5 Å². The van der Waals surface area contributed by atoms with Gasteiger partial charge in [0.25, 0.3) is 0 Å². The van der Waals surface area contributed by atoms with Gasteiger partial charge in [-0.25, -0.2) is 0 Å². The lowest BCUT2D eigenvalue weighted by Gasteiger charge is -2.36. The second-order valence-electron chi connectivity index (χ2n) is 8.04. The molecular formula is C24H28N4O4S. The Bertz CT molecular complexity index is 1060. The highest BCUT2D eigenvalue weighted by Crippen LogP contribution is 2.39. The summed E-state index contributed by atoms with van der Waals surface area (Å²) in [5.41, 5.74) is 3.85. The summed E-state index contributed by atoms with van der Waals surface area (Å²) in [6, 6.07) is 15.7. The highest BCUT2D eigenvalue weighted by molar-refractivity contribution is 7.99. The minimum absolute atomic E-state index is 0.0132. The number of amides is 1. The predicted octanol–water partition coefficient (Wildman–Crippen LogP) is 3.28. The Kier molecular flexibility index (Phi) is 7.77. The third kappa shape index (κ3) is 6.20. The molecule has 2 N–H and O–H groups in total. The van der Waals surface area contributed by atoms with Gasteiger partial charge in [0, 0.05) is 38.3 Å². The topological polar surface area (TPSA) is 98.5 Å². The van der Waals surface area contributed by atoms with E-state index in [1.54, 1.807) is 18.1 Å². The monoisotopic (exact) mass is 468 g/mol. The van der Waals surface area contributed by atoms with Crippen LogP contribution in [0.4, 0.5) is 0 Å². The molecule has 3 unspecified atom stereocenters. The molecule has 1 amide bonds. The predicted molar refractivity (Wildman–Crippen MR) is 124 cm³/mol. The van der Waals surface area contributed by atoms with Gasteiger partial charge in [0.15, 0.2) is 11.4 Å². The number of hydrogen-bond acceptors (Lipinski definition) is 7. The Morgan fingerprint density at radius 1 is 1.12 bits per heavy atom. The Labute approximate surface area is 197 Å². The Hall–Kier alpha value is -2.72. The first-order valence-electron chi connectivity index (χ1n) is 10.8. The SMILES string of the molecule is CC(=O)NCc1ccc(C2OC(CSc3nncn3C)CC(c3ccc(CO)cc3)O2)cc1. The van der Waals surface area contributed by atoms with E-state index in [0.29, 0.717) is 13.0 Å². The molecule has 3 aromatic rings. The molecule has 174 valence electrons. The first-order chi connectivity index (χ1) is 16.0. The molecule has 8 nitrogen and oxygen atoms in total. The maximum Gasteiger partial charge on any atom is 0.217 e. The van der Waals surface area contributed by atoms with E-state index in [0.717, 1.165) is 33.2 Å².